The Morgan fingerprint density at radius 3 is 2.63 bits per heavy atom. The Bertz CT molecular complexity index is 652. The van der Waals surface area contributed by atoms with Crippen molar-refractivity contribution in [3.8, 4) is 0 Å². The third kappa shape index (κ3) is 2.57. The van der Waals surface area contributed by atoms with Gasteiger partial charge >= 0.3 is 5.97 Å². The number of nitrogens with zero attached hydrogens (tertiary/aromatic N) is 1. The van der Waals surface area contributed by atoms with Crippen molar-refractivity contribution in [1.82, 2.24) is 4.98 Å². The van der Waals surface area contributed by atoms with Crippen LogP contribution in [0.3, 0.4) is 0 Å². The van der Waals surface area contributed by atoms with E-state index in [0.717, 1.165) is 0 Å². The number of aromatic amines is 1. The lowest BCUT2D eigenvalue weighted by Crippen LogP contribution is -2.23. The maximum atomic E-state index is 12.0. The molecule has 0 atom stereocenters. The molecule has 0 amide bonds. The van der Waals surface area contributed by atoms with E-state index in [2.05, 4.69) is 4.98 Å². The Labute approximate surface area is 109 Å². The predicted octanol–water partition coefficient (Wildman–Crippen LogP) is 3.03. The molecule has 1 N–H and O–H groups in total. The van der Waals surface area contributed by atoms with Gasteiger partial charge in [-0.3, -0.25) is 10.1 Å². The highest BCUT2D eigenvalue weighted by Crippen LogP contribution is 2.28. The van der Waals surface area contributed by atoms with Gasteiger partial charge in [0.25, 0.3) is 5.69 Å². The minimum atomic E-state index is -0.610. The number of carbonyl (C=O) groups excluding carboxylic acids is 1. The molecule has 19 heavy (non-hydrogen) atoms. The van der Waals surface area contributed by atoms with E-state index in [0.29, 0.717) is 16.5 Å². The van der Waals surface area contributed by atoms with Crippen molar-refractivity contribution < 1.29 is 14.5 Å². The molecule has 100 valence electrons. The molecule has 0 bridgehead atoms. The first-order valence-corrected chi connectivity index (χ1v) is 5.77. The summed E-state index contributed by atoms with van der Waals surface area (Å²) in [5.41, 5.74) is -0.0456. The fourth-order valence-electron chi connectivity index (χ4n) is 1.79. The topological polar surface area (TPSA) is 85.2 Å². The minimum absolute atomic E-state index is 0.0627. The summed E-state index contributed by atoms with van der Waals surface area (Å²) < 4.78 is 5.26. The van der Waals surface area contributed by atoms with Crippen molar-refractivity contribution in [2.24, 2.45) is 0 Å². The molecule has 2 aromatic rings. The molecule has 0 spiro atoms. The van der Waals surface area contributed by atoms with Gasteiger partial charge in [-0.15, -0.1) is 0 Å². The van der Waals surface area contributed by atoms with Crippen LogP contribution in [-0.2, 0) is 4.74 Å². The second kappa shape index (κ2) is 4.38. The first-order valence-electron chi connectivity index (χ1n) is 5.77. The average molecular weight is 262 g/mol. The Hall–Kier alpha value is -2.37. The second-order valence-electron chi connectivity index (χ2n) is 5.16. The Kier molecular flexibility index (Phi) is 3.01. The van der Waals surface area contributed by atoms with Crippen LogP contribution < -0.4 is 0 Å². The number of carbonyl (C=O) groups is 1. The van der Waals surface area contributed by atoms with Crippen LogP contribution in [0, 0.1) is 10.1 Å². The van der Waals surface area contributed by atoms with Crippen LogP contribution in [0.25, 0.3) is 10.9 Å². The van der Waals surface area contributed by atoms with Gasteiger partial charge in [0.1, 0.15) is 11.1 Å². The summed E-state index contributed by atoms with van der Waals surface area (Å²) in [4.78, 5) is 25.2. The van der Waals surface area contributed by atoms with Gasteiger partial charge in [-0.25, -0.2) is 4.79 Å². The maximum Gasteiger partial charge on any atom is 0.340 e. The number of ether oxygens (including phenoxy) is 1. The predicted molar refractivity (Wildman–Crippen MR) is 70.1 cm³/mol. The monoisotopic (exact) mass is 262 g/mol. The Morgan fingerprint density at radius 1 is 1.37 bits per heavy atom. The zero-order valence-corrected chi connectivity index (χ0v) is 10.9. The van der Waals surface area contributed by atoms with Crippen molar-refractivity contribution in [2.75, 3.05) is 0 Å². The van der Waals surface area contributed by atoms with E-state index in [-0.39, 0.29) is 5.69 Å². The summed E-state index contributed by atoms with van der Waals surface area (Å²) in [5.74, 6) is -0.501. The van der Waals surface area contributed by atoms with Crippen molar-refractivity contribution in [3.63, 3.8) is 0 Å². The molecular weight excluding hydrogens is 248 g/mol. The number of nitro benzene ring substituents is 1. The van der Waals surface area contributed by atoms with Gasteiger partial charge in [-0.2, -0.15) is 0 Å². The highest BCUT2D eigenvalue weighted by Gasteiger charge is 2.23. The van der Waals surface area contributed by atoms with Gasteiger partial charge < -0.3 is 9.72 Å². The highest BCUT2D eigenvalue weighted by atomic mass is 16.6. The lowest BCUT2D eigenvalue weighted by molar-refractivity contribution is -0.383. The van der Waals surface area contributed by atoms with E-state index in [9.17, 15) is 14.9 Å². The summed E-state index contributed by atoms with van der Waals surface area (Å²) in [7, 11) is 0. The van der Waals surface area contributed by atoms with Crippen LogP contribution in [0.1, 0.15) is 31.1 Å². The van der Waals surface area contributed by atoms with Crippen LogP contribution in [-0.4, -0.2) is 21.5 Å². The molecule has 6 nitrogen and oxygen atoms in total. The number of fused-ring (bicyclic) bond motifs is 1. The van der Waals surface area contributed by atoms with Crippen molar-refractivity contribution in [1.29, 1.82) is 0 Å². The first kappa shape index (κ1) is 13.1. The molecule has 6 heteroatoms. The number of aromatic nitrogens is 1. The van der Waals surface area contributed by atoms with Crippen LogP contribution in [0.15, 0.2) is 24.4 Å². The van der Waals surface area contributed by atoms with E-state index in [1.807, 2.05) is 0 Å². The van der Waals surface area contributed by atoms with E-state index < -0.39 is 16.5 Å². The lowest BCUT2D eigenvalue weighted by atomic mass is 10.1. The Balaban J connectivity index is 2.50. The lowest BCUT2D eigenvalue weighted by Gasteiger charge is -2.19. The largest absolute Gasteiger partial charge is 0.456 e. The van der Waals surface area contributed by atoms with E-state index in [1.54, 1.807) is 32.9 Å². The first-order chi connectivity index (χ1) is 8.79. The van der Waals surface area contributed by atoms with E-state index in [1.165, 1.54) is 12.3 Å². The summed E-state index contributed by atoms with van der Waals surface area (Å²) >= 11 is 0. The van der Waals surface area contributed by atoms with E-state index >= 15 is 0 Å². The minimum Gasteiger partial charge on any atom is -0.456 e. The van der Waals surface area contributed by atoms with Gasteiger partial charge in [0.15, 0.2) is 0 Å². The third-order valence-electron chi connectivity index (χ3n) is 2.51. The van der Waals surface area contributed by atoms with Crippen LogP contribution in [0.2, 0.25) is 0 Å². The molecule has 1 aromatic carbocycles. The van der Waals surface area contributed by atoms with Gasteiger partial charge in [0.2, 0.25) is 0 Å². The number of benzene rings is 1. The molecule has 1 aromatic heterocycles. The zero-order chi connectivity index (χ0) is 14.2. The number of para-hydroxylation sites is 1. The number of hydrogen-bond donors (Lipinski definition) is 1. The van der Waals surface area contributed by atoms with Gasteiger partial charge in [0, 0.05) is 17.6 Å². The number of nitrogens with one attached hydrogen (secondary N) is 1. The van der Waals surface area contributed by atoms with Crippen molar-refractivity contribution >= 4 is 22.6 Å². The Morgan fingerprint density at radius 2 is 2.05 bits per heavy atom. The number of esters is 1. The fourth-order valence-corrected chi connectivity index (χ4v) is 1.79. The highest BCUT2D eigenvalue weighted by molar-refractivity contribution is 6.06. The SMILES string of the molecule is CC(C)(C)OC(=O)c1c[nH]c2c([N+](=O)[O-])cccc12. The number of rotatable bonds is 2. The normalized spacial score (nSPS) is 11.5. The quantitative estimate of drug-likeness (QED) is 0.512. The third-order valence-corrected chi connectivity index (χ3v) is 2.51. The number of non-ortho nitro benzene ring substituents is 1. The summed E-state index contributed by atoms with van der Waals surface area (Å²) in [5, 5.41) is 11.4. The van der Waals surface area contributed by atoms with Crippen molar-refractivity contribution in [2.45, 2.75) is 26.4 Å². The smallest absolute Gasteiger partial charge is 0.340 e. The molecule has 2 rings (SSSR count). The number of hydrogen-bond acceptors (Lipinski definition) is 4. The van der Waals surface area contributed by atoms with Crippen LogP contribution >= 0.6 is 0 Å². The zero-order valence-electron chi connectivity index (χ0n) is 10.9. The second-order valence-corrected chi connectivity index (χ2v) is 5.16. The molecule has 1 heterocycles. The summed E-state index contributed by atoms with van der Waals surface area (Å²) in [6.45, 7) is 5.30. The molecule has 0 aliphatic heterocycles. The van der Waals surface area contributed by atoms with Crippen LogP contribution in [0.4, 0.5) is 5.69 Å². The molecule has 0 radical (unpaired) electrons. The standard InChI is InChI=1S/C13H14N2O4/c1-13(2,3)19-12(16)9-7-14-11-8(9)5-4-6-10(11)15(17)18/h4-7,14H,1-3H3. The fraction of sp³-hybridized carbons (Fsp3) is 0.308. The average Bonchev–Trinajstić information content (AvgIpc) is 2.69. The molecule has 0 fully saturated rings. The number of nitro groups is 1. The van der Waals surface area contributed by atoms with Gasteiger partial charge in [-0.05, 0) is 20.8 Å². The molecule has 0 saturated carbocycles. The van der Waals surface area contributed by atoms with Crippen molar-refractivity contribution in [3.05, 3.63) is 40.1 Å². The molecule has 0 unspecified atom stereocenters. The van der Waals surface area contributed by atoms with Crippen LogP contribution in [0.5, 0.6) is 0 Å². The molecular formula is C13H14N2O4. The van der Waals surface area contributed by atoms with Gasteiger partial charge in [-0.1, -0.05) is 12.1 Å². The number of H-pyrrole nitrogens is 1. The van der Waals surface area contributed by atoms with Gasteiger partial charge in [0.05, 0.1) is 10.5 Å². The van der Waals surface area contributed by atoms with E-state index in [4.69, 9.17) is 4.74 Å². The summed E-state index contributed by atoms with van der Waals surface area (Å²) in [6.07, 6.45) is 1.44. The molecule has 0 aliphatic carbocycles. The molecule has 0 aliphatic rings. The maximum absolute atomic E-state index is 12.0. The summed E-state index contributed by atoms with van der Waals surface area (Å²) in [6, 6.07) is 4.58. The molecule has 0 saturated heterocycles.